The molecule has 0 spiro atoms. The molecule has 4 heteroatoms. The fourth-order valence-electron chi connectivity index (χ4n) is 1.16. The van der Waals surface area contributed by atoms with Gasteiger partial charge in [-0.2, -0.15) is 0 Å². The maximum absolute atomic E-state index is 5.56. The van der Waals surface area contributed by atoms with Gasteiger partial charge < -0.3 is 15.8 Å². The third-order valence-corrected chi connectivity index (χ3v) is 1.74. The Morgan fingerprint density at radius 1 is 1.58 bits per heavy atom. The number of pyridine rings is 1. The fourth-order valence-corrected chi connectivity index (χ4v) is 1.16. The van der Waals surface area contributed by atoms with Gasteiger partial charge in [-0.25, -0.2) is 4.98 Å². The van der Waals surface area contributed by atoms with E-state index in [2.05, 4.69) is 10.3 Å². The van der Waals surface area contributed by atoms with Crippen LogP contribution >= 0.6 is 0 Å². The van der Waals surface area contributed by atoms with Gasteiger partial charge in [-0.15, -0.1) is 0 Å². The minimum Gasteiger partial charge on any atom is -0.490 e. The highest BCUT2D eigenvalue weighted by molar-refractivity contribution is 5.56. The Hall–Kier alpha value is -1.45. The number of nitrogen functional groups attached to an aromatic ring is 1. The van der Waals surface area contributed by atoms with Gasteiger partial charge in [0.2, 0.25) is 0 Å². The van der Waals surface area contributed by atoms with Gasteiger partial charge in [0.1, 0.15) is 0 Å². The lowest BCUT2D eigenvalue weighted by Gasteiger charge is -2.05. The number of nitrogens with zero attached hydrogens (tertiary/aromatic N) is 1. The van der Waals surface area contributed by atoms with Crippen LogP contribution in [0.3, 0.4) is 0 Å². The third kappa shape index (κ3) is 1.28. The van der Waals surface area contributed by atoms with Crippen molar-refractivity contribution in [3.63, 3.8) is 0 Å². The predicted octanol–water partition coefficient (Wildman–Crippen LogP) is 0.858. The first-order chi connectivity index (χ1) is 5.86. The van der Waals surface area contributed by atoms with Gasteiger partial charge >= 0.3 is 0 Å². The lowest BCUT2D eigenvalue weighted by atomic mass is 10.4. The number of nitrogens with one attached hydrogen (secondary N) is 1. The summed E-state index contributed by atoms with van der Waals surface area (Å²) >= 11 is 0. The SMILES string of the molecule is Nc1cnc2c(c1)OCCCN2. The topological polar surface area (TPSA) is 60.2 Å². The van der Waals surface area contributed by atoms with E-state index in [1.54, 1.807) is 12.3 Å². The number of hydrogen-bond donors (Lipinski definition) is 2. The van der Waals surface area contributed by atoms with Gasteiger partial charge in [0.15, 0.2) is 11.6 Å². The second-order valence-electron chi connectivity index (χ2n) is 2.74. The predicted molar refractivity (Wildman–Crippen MR) is 47.3 cm³/mol. The van der Waals surface area contributed by atoms with Crippen molar-refractivity contribution in [2.45, 2.75) is 6.42 Å². The molecule has 0 bridgehead atoms. The first-order valence-electron chi connectivity index (χ1n) is 3.98. The first-order valence-corrected chi connectivity index (χ1v) is 3.98. The van der Waals surface area contributed by atoms with Crippen LogP contribution in [0, 0.1) is 0 Å². The van der Waals surface area contributed by atoms with E-state index in [1.165, 1.54) is 0 Å². The molecule has 2 heterocycles. The van der Waals surface area contributed by atoms with Crippen molar-refractivity contribution in [3.05, 3.63) is 12.3 Å². The lowest BCUT2D eigenvalue weighted by Crippen LogP contribution is -2.01. The third-order valence-electron chi connectivity index (χ3n) is 1.74. The molecule has 0 unspecified atom stereocenters. The molecule has 0 saturated heterocycles. The quantitative estimate of drug-likeness (QED) is 0.598. The Morgan fingerprint density at radius 2 is 2.50 bits per heavy atom. The zero-order valence-electron chi connectivity index (χ0n) is 6.71. The summed E-state index contributed by atoms with van der Waals surface area (Å²) in [4.78, 5) is 4.12. The van der Waals surface area contributed by atoms with E-state index in [0.29, 0.717) is 5.69 Å². The molecular formula is C8H11N3O. The zero-order valence-corrected chi connectivity index (χ0v) is 6.71. The van der Waals surface area contributed by atoms with Crippen LogP contribution in [0.2, 0.25) is 0 Å². The molecule has 0 atom stereocenters. The molecule has 12 heavy (non-hydrogen) atoms. The molecule has 0 aliphatic carbocycles. The summed E-state index contributed by atoms with van der Waals surface area (Å²) in [5, 5.41) is 3.16. The maximum Gasteiger partial charge on any atom is 0.168 e. The molecule has 64 valence electrons. The van der Waals surface area contributed by atoms with Crippen LogP contribution in [0.15, 0.2) is 12.3 Å². The minimum atomic E-state index is 0.637. The standard InChI is InChI=1S/C8H11N3O/c9-6-4-7-8(11-5-6)10-2-1-3-12-7/h4-5H,1-3,9H2,(H,10,11). The maximum atomic E-state index is 5.56. The van der Waals surface area contributed by atoms with E-state index in [-0.39, 0.29) is 0 Å². The van der Waals surface area contributed by atoms with E-state index in [0.717, 1.165) is 31.1 Å². The van der Waals surface area contributed by atoms with Crippen molar-refractivity contribution >= 4 is 11.5 Å². The molecule has 3 N–H and O–H groups in total. The molecule has 4 nitrogen and oxygen atoms in total. The van der Waals surface area contributed by atoms with Gasteiger partial charge in [-0.3, -0.25) is 0 Å². The zero-order chi connectivity index (χ0) is 8.39. The first kappa shape index (κ1) is 7.21. The summed E-state index contributed by atoms with van der Waals surface area (Å²) in [5.41, 5.74) is 6.20. The van der Waals surface area contributed by atoms with Crippen molar-refractivity contribution in [1.82, 2.24) is 4.98 Å². The van der Waals surface area contributed by atoms with Crippen molar-refractivity contribution < 1.29 is 4.74 Å². The van der Waals surface area contributed by atoms with Gasteiger partial charge in [0.25, 0.3) is 0 Å². The Labute approximate surface area is 70.7 Å². The van der Waals surface area contributed by atoms with Crippen molar-refractivity contribution in [2.75, 3.05) is 24.2 Å². The fraction of sp³-hybridized carbons (Fsp3) is 0.375. The van der Waals surface area contributed by atoms with E-state index in [4.69, 9.17) is 10.5 Å². The molecule has 0 aromatic carbocycles. The molecule has 0 saturated carbocycles. The van der Waals surface area contributed by atoms with Crippen LogP contribution in [-0.4, -0.2) is 18.1 Å². The summed E-state index contributed by atoms with van der Waals surface area (Å²) in [6.07, 6.45) is 2.62. The van der Waals surface area contributed by atoms with Crippen LogP contribution in [0.4, 0.5) is 11.5 Å². The minimum absolute atomic E-state index is 0.637. The van der Waals surface area contributed by atoms with Crippen LogP contribution in [0.25, 0.3) is 0 Å². The Kier molecular flexibility index (Phi) is 1.74. The van der Waals surface area contributed by atoms with Crippen LogP contribution in [0.5, 0.6) is 5.75 Å². The van der Waals surface area contributed by atoms with Gasteiger partial charge in [-0.05, 0) is 6.42 Å². The Balaban J connectivity index is 2.36. The van der Waals surface area contributed by atoms with Crippen LogP contribution in [0.1, 0.15) is 6.42 Å². The number of fused-ring (bicyclic) bond motifs is 1. The largest absolute Gasteiger partial charge is 0.490 e. The number of rotatable bonds is 0. The van der Waals surface area contributed by atoms with Crippen molar-refractivity contribution in [3.8, 4) is 5.75 Å². The number of aromatic nitrogens is 1. The summed E-state index contributed by atoms with van der Waals surface area (Å²) < 4.78 is 5.42. The highest BCUT2D eigenvalue weighted by Gasteiger charge is 2.08. The van der Waals surface area contributed by atoms with Gasteiger partial charge in [0.05, 0.1) is 18.5 Å². The highest BCUT2D eigenvalue weighted by atomic mass is 16.5. The average molecular weight is 165 g/mol. The number of hydrogen-bond acceptors (Lipinski definition) is 4. The molecular weight excluding hydrogens is 154 g/mol. The van der Waals surface area contributed by atoms with Gasteiger partial charge in [0, 0.05) is 12.6 Å². The van der Waals surface area contributed by atoms with Crippen molar-refractivity contribution in [1.29, 1.82) is 0 Å². The normalized spacial score (nSPS) is 15.3. The Morgan fingerprint density at radius 3 is 3.42 bits per heavy atom. The monoisotopic (exact) mass is 165 g/mol. The summed E-state index contributed by atoms with van der Waals surface area (Å²) in [6, 6.07) is 1.79. The second-order valence-corrected chi connectivity index (χ2v) is 2.74. The van der Waals surface area contributed by atoms with Crippen LogP contribution < -0.4 is 15.8 Å². The lowest BCUT2D eigenvalue weighted by molar-refractivity contribution is 0.322. The average Bonchev–Trinajstić information content (AvgIpc) is 2.28. The number of ether oxygens (including phenoxy) is 1. The molecule has 2 rings (SSSR count). The smallest absolute Gasteiger partial charge is 0.168 e. The molecule has 1 aromatic heterocycles. The molecule has 1 aliphatic heterocycles. The molecule has 1 aliphatic rings. The number of anilines is 2. The van der Waals surface area contributed by atoms with E-state index >= 15 is 0 Å². The highest BCUT2D eigenvalue weighted by Crippen LogP contribution is 2.25. The molecule has 0 radical (unpaired) electrons. The molecule has 0 fully saturated rings. The summed E-state index contributed by atoms with van der Waals surface area (Å²) in [5.74, 6) is 1.55. The Bertz CT molecular complexity index is 288. The number of nitrogens with two attached hydrogens (primary N) is 1. The van der Waals surface area contributed by atoms with Crippen molar-refractivity contribution in [2.24, 2.45) is 0 Å². The summed E-state index contributed by atoms with van der Waals surface area (Å²) in [6.45, 7) is 1.63. The van der Waals surface area contributed by atoms with E-state index in [9.17, 15) is 0 Å². The van der Waals surface area contributed by atoms with Crippen LogP contribution in [-0.2, 0) is 0 Å². The summed E-state index contributed by atoms with van der Waals surface area (Å²) in [7, 11) is 0. The molecule has 0 amide bonds. The van der Waals surface area contributed by atoms with E-state index in [1.807, 2.05) is 0 Å². The van der Waals surface area contributed by atoms with E-state index < -0.39 is 0 Å². The second kappa shape index (κ2) is 2.89. The molecule has 1 aromatic rings. The van der Waals surface area contributed by atoms with Gasteiger partial charge in [-0.1, -0.05) is 0 Å².